The van der Waals surface area contributed by atoms with Crippen molar-refractivity contribution in [1.82, 2.24) is 9.55 Å². The highest BCUT2D eigenvalue weighted by atomic mass is 35.5. The number of hydrogen-bond donors (Lipinski definition) is 0. The largest absolute Gasteiger partial charge is 0.497 e. The topological polar surface area (TPSA) is 27.1 Å². The number of imidazole rings is 1. The fourth-order valence-electron chi connectivity index (χ4n) is 1.81. The molecule has 0 spiro atoms. The number of aromatic nitrogens is 2. The maximum absolute atomic E-state index is 5.93. The molecule has 0 N–H and O–H groups in total. The number of hydrogen-bond acceptors (Lipinski definition) is 3. The molecule has 1 heterocycles. The number of rotatable bonds is 5. The minimum atomic E-state index is 0.436. The van der Waals surface area contributed by atoms with Crippen LogP contribution in [0.1, 0.15) is 5.82 Å². The van der Waals surface area contributed by atoms with Crippen LogP contribution in [0, 0.1) is 0 Å². The van der Waals surface area contributed by atoms with Gasteiger partial charge in [-0.25, -0.2) is 4.98 Å². The van der Waals surface area contributed by atoms with Gasteiger partial charge in [-0.05, 0) is 18.4 Å². The Morgan fingerprint density at radius 2 is 2.29 bits per heavy atom. The van der Waals surface area contributed by atoms with E-state index in [9.17, 15) is 0 Å². The van der Waals surface area contributed by atoms with E-state index < -0.39 is 0 Å². The zero-order valence-electron chi connectivity index (χ0n) is 9.94. The predicted molar refractivity (Wildman–Crippen MR) is 74.2 cm³/mol. The summed E-state index contributed by atoms with van der Waals surface area (Å²) in [6.07, 6.45) is 2.10. The number of halogens is 1. The second kappa shape index (κ2) is 5.65. The van der Waals surface area contributed by atoms with E-state index in [2.05, 4.69) is 15.8 Å². The molecule has 0 unspecified atom stereocenters. The molecular weight excluding hydrogens is 256 g/mol. The first-order valence-electron chi connectivity index (χ1n) is 5.38. The van der Waals surface area contributed by atoms with Crippen LogP contribution in [-0.4, -0.2) is 28.7 Å². The van der Waals surface area contributed by atoms with Gasteiger partial charge < -0.3 is 9.30 Å². The van der Waals surface area contributed by atoms with Crippen molar-refractivity contribution in [3.63, 3.8) is 0 Å². The van der Waals surface area contributed by atoms with E-state index in [4.69, 9.17) is 16.3 Å². The lowest BCUT2D eigenvalue weighted by Crippen LogP contribution is -2.04. The molecule has 0 bridgehead atoms. The monoisotopic (exact) mass is 270 g/mol. The van der Waals surface area contributed by atoms with Gasteiger partial charge in [-0.1, -0.05) is 0 Å². The van der Waals surface area contributed by atoms with E-state index in [-0.39, 0.29) is 0 Å². The fourth-order valence-corrected chi connectivity index (χ4v) is 2.38. The van der Waals surface area contributed by atoms with E-state index in [1.807, 2.05) is 30.0 Å². The summed E-state index contributed by atoms with van der Waals surface area (Å²) < 4.78 is 7.41. The van der Waals surface area contributed by atoms with Crippen molar-refractivity contribution in [3.05, 3.63) is 24.0 Å². The molecule has 3 nitrogen and oxygen atoms in total. The number of ether oxygens (including phenoxy) is 1. The fraction of sp³-hybridized carbons (Fsp3) is 0.417. The van der Waals surface area contributed by atoms with Gasteiger partial charge in [0.05, 0.1) is 24.0 Å². The van der Waals surface area contributed by atoms with Crippen molar-refractivity contribution in [1.29, 1.82) is 0 Å². The van der Waals surface area contributed by atoms with Crippen molar-refractivity contribution >= 4 is 34.4 Å². The molecule has 2 aromatic rings. The molecule has 0 fully saturated rings. The predicted octanol–water partition coefficient (Wildman–Crippen LogP) is 3.15. The second-order valence-corrected chi connectivity index (χ2v) is 4.91. The summed E-state index contributed by atoms with van der Waals surface area (Å²) in [6, 6.07) is 5.91. The lowest BCUT2D eigenvalue weighted by molar-refractivity contribution is 0.415. The van der Waals surface area contributed by atoms with E-state index >= 15 is 0 Å². The first-order chi connectivity index (χ1) is 8.30. The van der Waals surface area contributed by atoms with Crippen LogP contribution in [-0.2, 0) is 12.4 Å². The second-order valence-electron chi connectivity index (χ2n) is 3.66. The van der Waals surface area contributed by atoms with Crippen molar-refractivity contribution in [3.8, 4) is 5.75 Å². The van der Waals surface area contributed by atoms with E-state index in [0.29, 0.717) is 5.88 Å². The van der Waals surface area contributed by atoms with Gasteiger partial charge in [0.25, 0.3) is 0 Å². The molecule has 17 heavy (non-hydrogen) atoms. The number of nitrogens with zero attached hydrogens (tertiary/aromatic N) is 2. The number of thioether (sulfide) groups is 1. The average Bonchev–Trinajstić information content (AvgIpc) is 2.73. The molecule has 2 rings (SSSR count). The molecule has 5 heteroatoms. The maximum Gasteiger partial charge on any atom is 0.124 e. The molecule has 0 amide bonds. The third kappa shape index (κ3) is 2.53. The first kappa shape index (κ1) is 12.6. The third-order valence-corrected chi connectivity index (χ3v) is 3.50. The van der Waals surface area contributed by atoms with Crippen molar-refractivity contribution in [2.75, 3.05) is 19.1 Å². The number of benzene rings is 1. The van der Waals surface area contributed by atoms with Gasteiger partial charge in [0, 0.05) is 18.4 Å². The van der Waals surface area contributed by atoms with Crippen molar-refractivity contribution in [2.24, 2.45) is 0 Å². The van der Waals surface area contributed by atoms with Crippen LogP contribution in [0.3, 0.4) is 0 Å². The van der Waals surface area contributed by atoms with Gasteiger partial charge in [-0.15, -0.1) is 11.6 Å². The Morgan fingerprint density at radius 3 is 2.94 bits per heavy atom. The standard InChI is InChI=1S/C12H15ClN2OS/c1-16-9-3-4-10-11(7-9)15(5-6-17-2)12(8-13)14-10/h3-4,7H,5-6,8H2,1-2H3. The van der Waals surface area contributed by atoms with Crippen LogP contribution in [0.25, 0.3) is 11.0 Å². The molecule has 0 atom stereocenters. The molecule has 0 aliphatic heterocycles. The third-order valence-electron chi connectivity index (χ3n) is 2.67. The minimum absolute atomic E-state index is 0.436. The Morgan fingerprint density at radius 1 is 1.47 bits per heavy atom. The first-order valence-corrected chi connectivity index (χ1v) is 7.31. The maximum atomic E-state index is 5.93. The average molecular weight is 271 g/mol. The lowest BCUT2D eigenvalue weighted by Gasteiger charge is -2.07. The molecule has 0 saturated carbocycles. The zero-order valence-corrected chi connectivity index (χ0v) is 11.5. The molecule has 92 valence electrons. The van der Waals surface area contributed by atoms with Crippen molar-refractivity contribution < 1.29 is 4.74 Å². The summed E-state index contributed by atoms with van der Waals surface area (Å²) in [5.41, 5.74) is 2.07. The van der Waals surface area contributed by atoms with Gasteiger partial charge in [-0.2, -0.15) is 11.8 Å². The van der Waals surface area contributed by atoms with E-state index in [0.717, 1.165) is 34.9 Å². The zero-order chi connectivity index (χ0) is 12.3. The van der Waals surface area contributed by atoms with Gasteiger partial charge in [0.15, 0.2) is 0 Å². The van der Waals surface area contributed by atoms with Crippen molar-refractivity contribution in [2.45, 2.75) is 12.4 Å². The summed E-state index contributed by atoms with van der Waals surface area (Å²) >= 11 is 7.75. The molecule has 1 aromatic heterocycles. The smallest absolute Gasteiger partial charge is 0.124 e. The molecule has 0 aliphatic carbocycles. The minimum Gasteiger partial charge on any atom is -0.497 e. The molecule has 0 aliphatic rings. The summed E-state index contributed by atoms with van der Waals surface area (Å²) in [7, 11) is 1.67. The molecule has 1 aromatic carbocycles. The summed E-state index contributed by atoms with van der Waals surface area (Å²) in [4.78, 5) is 4.53. The summed E-state index contributed by atoms with van der Waals surface area (Å²) in [6.45, 7) is 0.923. The molecular formula is C12H15ClN2OS. The van der Waals surface area contributed by atoms with Gasteiger partial charge in [-0.3, -0.25) is 0 Å². The Kier molecular flexibility index (Phi) is 4.18. The van der Waals surface area contributed by atoms with Crippen LogP contribution < -0.4 is 4.74 Å². The number of fused-ring (bicyclic) bond motifs is 1. The van der Waals surface area contributed by atoms with Crippen LogP contribution >= 0.6 is 23.4 Å². The highest BCUT2D eigenvalue weighted by Gasteiger charge is 2.10. The van der Waals surface area contributed by atoms with Gasteiger partial charge in [0.2, 0.25) is 0 Å². The van der Waals surface area contributed by atoms with Gasteiger partial charge >= 0.3 is 0 Å². The van der Waals surface area contributed by atoms with Crippen LogP contribution in [0.5, 0.6) is 5.75 Å². The number of aryl methyl sites for hydroxylation is 1. The molecule has 0 radical (unpaired) electrons. The Hall–Kier alpha value is -0.870. The highest BCUT2D eigenvalue weighted by Crippen LogP contribution is 2.23. The summed E-state index contributed by atoms with van der Waals surface area (Å²) in [5.74, 6) is 3.26. The molecule has 0 saturated heterocycles. The highest BCUT2D eigenvalue weighted by molar-refractivity contribution is 7.98. The summed E-state index contributed by atoms with van der Waals surface area (Å²) in [5, 5.41) is 0. The van der Waals surface area contributed by atoms with E-state index in [1.165, 1.54) is 0 Å². The van der Waals surface area contributed by atoms with E-state index in [1.54, 1.807) is 7.11 Å². The Bertz CT molecular complexity index is 512. The Balaban J connectivity index is 2.50. The Labute approximate surface area is 110 Å². The quantitative estimate of drug-likeness (QED) is 0.781. The normalized spacial score (nSPS) is 11.0. The number of methoxy groups -OCH3 is 1. The van der Waals surface area contributed by atoms with Gasteiger partial charge in [0.1, 0.15) is 11.6 Å². The van der Waals surface area contributed by atoms with Crippen LogP contribution in [0.2, 0.25) is 0 Å². The lowest BCUT2D eigenvalue weighted by atomic mass is 10.3. The van der Waals surface area contributed by atoms with Crippen LogP contribution in [0.4, 0.5) is 0 Å². The SMILES string of the molecule is COc1ccc2nc(CCl)n(CCSC)c2c1. The number of alkyl halides is 1. The van der Waals surface area contributed by atoms with Crippen LogP contribution in [0.15, 0.2) is 18.2 Å².